The molecule has 2 rings (SSSR count). The Hall–Kier alpha value is -1.16. The lowest BCUT2D eigenvalue weighted by atomic mass is 9.65. The van der Waals surface area contributed by atoms with Gasteiger partial charge in [-0.3, -0.25) is 9.36 Å². The molecule has 0 aromatic heterocycles. The van der Waals surface area contributed by atoms with E-state index in [1.54, 1.807) is 26.0 Å². The van der Waals surface area contributed by atoms with Crippen molar-refractivity contribution in [3.05, 3.63) is 35.9 Å². The molecule has 1 aliphatic rings. The third kappa shape index (κ3) is 2.86. The monoisotopic (exact) mass is 340 g/mol. The predicted molar refractivity (Wildman–Crippen MR) is 88.3 cm³/mol. The quantitative estimate of drug-likeness (QED) is 0.690. The molecule has 0 amide bonds. The SMILES string of the molecule is CC(C)C(Cc1ccccc1)(C1(C(=O)O)CCCC1)P(=O)(O)O. The molecule has 0 aliphatic heterocycles. The van der Waals surface area contributed by atoms with E-state index >= 15 is 0 Å². The summed E-state index contributed by atoms with van der Waals surface area (Å²) in [6.07, 6.45) is 2.09. The number of rotatable bonds is 6. The molecule has 1 atom stereocenters. The van der Waals surface area contributed by atoms with Crippen LogP contribution in [-0.2, 0) is 15.8 Å². The first-order valence-electron chi connectivity index (χ1n) is 8.00. The van der Waals surface area contributed by atoms with Crippen LogP contribution < -0.4 is 0 Å². The van der Waals surface area contributed by atoms with Gasteiger partial charge in [0.15, 0.2) is 0 Å². The summed E-state index contributed by atoms with van der Waals surface area (Å²) in [4.78, 5) is 32.7. The maximum Gasteiger partial charge on any atom is 0.333 e. The van der Waals surface area contributed by atoms with E-state index in [0.717, 1.165) is 5.56 Å². The summed E-state index contributed by atoms with van der Waals surface area (Å²) in [5.74, 6) is -1.54. The van der Waals surface area contributed by atoms with Gasteiger partial charge >= 0.3 is 13.6 Å². The molecule has 1 fully saturated rings. The van der Waals surface area contributed by atoms with Gasteiger partial charge in [0, 0.05) is 0 Å². The summed E-state index contributed by atoms with van der Waals surface area (Å²) in [6, 6.07) is 9.06. The Kier molecular flexibility index (Phi) is 5.05. The fourth-order valence-corrected chi connectivity index (χ4v) is 6.30. The molecule has 0 spiro atoms. The molecule has 0 saturated heterocycles. The maximum atomic E-state index is 12.6. The number of benzene rings is 1. The molecule has 23 heavy (non-hydrogen) atoms. The van der Waals surface area contributed by atoms with Gasteiger partial charge in [-0.1, -0.05) is 57.0 Å². The summed E-state index contributed by atoms with van der Waals surface area (Å²) < 4.78 is 12.6. The molecule has 3 N–H and O–H groups in total. The summed E-state index contributed by atoms with van der Waals surface area (Å²) in [6.45, 7) is 3.45. The molecular formula is C17H25O5P. The summed E-state index contributed by atoms with van der Waals surface area (Å²) in [7, 11) is -4.68. The van der Waals surface area contributed by atoms with E-state index in [9.17, 15) is 24.3 Å². The Bertz CT molecular complexity index is 601. The van der Waals surface area contributed by atoms with Crippen LogP contribution in [0.15, 0.2) is 30.3 Å². The van der Waals surface area contributed by atoms with Crippen molar-refractivity contribution in [2.75, 3.05) is 0 Å². The van der Waals surface area contributed by atoms with Gasteiger partial charge in [0.05, 0.1) is 10.6 Å². The van der Waals surface area contributed by atoms with Crippen LogP contribution in [0.2, 0.25) is 0 Å². The van der Waals surface area contributed by atoms with E-state index in [-0.39, 0.29) is 6.42 Å². The van der Waals surface area contributed by atoms with Crippen LogP contribution in [0.25, 0.3) is 0 Å². The van der Waals surface area contributed by atoms with Crippen molar-refractivity contribution < 1.29 is 24.3 Å². The van der Waals surface area contributed by atoms with Gasteiger partial charge in [0.2, 0.25) is 0 Å². The van der Waals surface area contributed by atoms with E-state index in [0.29, 0.717) is 25.7 Å². The van der Waals surface area contributed by atoms with Crippen LogP contribution in [0.1, 0.15) is 45.1 Å². The van der Waals surface area contributed by atoms with E-state index in [2.05, 4.69) is 0 Å². The van der Waals surface area contributed by atoms with Gasteiger partial charge in [0.1, 0.15) is 0 Å². The average Bonchev–Trinajstić information content (AvgIpc) is 2.95. The number of carbonyl (C=O) groups is 1. The highest BCUT2D eigenvalue weighted by molar-refractivity contribution is 7.53. The second kappa shape index (κ2) is 6.39. The summed E-state index contributed by atoms with van der Waals surface area (Å²) in [5.41, 5.74) is -0.618. The Morgan fingerprint density at radius 2 is 1.74 bits per heavy atom. The van der Waals surface area contributed by atoms with Crippen molar-refractivity contribution in [1.82, 2.24) is 0 Å². The predicted octanol–water partition coefficient (Wildman–Crippen LogP) is 3.45. The van der Waals surface area contributed by atoms with Crippen LogP contribution in [0.4, 0.5) is 0 Å². The molecule has 5 nitrogen and oxygen atoms in total. The fourth-order valence-electron chi connectivity index (χ4n) is 4.36. The second-order valence-corrected chi connectivity index (χ2v) is 8.77. The molecule has 6 heteroatoms. The fraction of sp³-hybridized carbons (Fsp3) is 0.588. The summed E-state index contributed by atoms with van der Waals surface area (Å²) >= 11 is 0. The first kappa shape index (κ1) is 18.2. The smallest absolute Gasteiger partial charge is 0.333 e. The first-order chi connectivity index (χ1) is 10.7. The van der Waals surface area contributed by atoms with Crippen LogP contribution in [0, 0.1) is 11.3 Å². The molecule has 1 aromatic carbocycles. The van der Waals surface area contributed by atoms with Crippen LogP contribution >= 0.6 is 7.60 Å². The number of hydrogen-bond acceptors (Lipinski definition) is 2. The standard InChI is InChI=1S/C17H25O5P/c1-13(2)17(23(20,21)22,12-14-8-4-3-5-9-14)16(15(18)19)10-6-7-11-16/h3-5,8-9,13H,6-7,10-12H2,1-2H3,(H,18,19)(H2,20,21,22). The average molecular weight is 340 g/mol. The minimum atomic E-state index is -4.68. The Balaban J connectivity index is 2.68. The number of aliphatic carboxylic acids is 1. The molecule has 1 aromatic rings. The molecule has 1 unspecified atom stereocenters. The van der Waals surface area contributed by atoms with E-state index in [4.69, 9.17) is 0 Å². The maximum absolute atomic E-state index is 12.6. The lowest BCUT2D eigenvalue weighted by Gasteiger charge is -2.49. The van der Waals surface area contributed by atoms with E-state index in [1.807, 2.05) is 18.2 Å². The molecule has 1 aliphatic carbocycles. The highest BCUT2D eigenvalue weighted by Gasteiger charge is 2.67. The van der Waals surface area contributed by atoms with Crippen LogP contribution in [0.5, 0.6) is 0 Å². The minimum Gasteiger partial charge on any atom is -0.481 e. The van der Waals surface area contributed by atoms with Crippen molar-refractivity contribution in [2.45, 2.75) is 51.1 Å². The number of hydrogen-bond donors (Lipinski definition) is 3. The largest absolute Gasteiger partial charge is 0.481 e. The third-order valence-electron chi connectivity index (χ3n) is 5.49. The first-order valence-corrected chi connectivity index (χ1v) is 9.61. The van der Waals surface area contributed by atoms with Crippen molar-refractivity contribution >= 4 is 13.6 Å². The third-order valence-corrected chi connectivity index (χ3v) is 7.63. The lowest BCUT2D eigenvalue weighted by Crippen LogP contribution is -2.56. The van der Waals surface area contributed by atoms with Crippen molar-refractivity contribution in [3.63, 3.8) is 0 Å². The van der Waals surface area contributed by atoms with E-state index < -0.39 is 30.1 Å². The van der Waals surface area contributed by atoms with Crippen molar-refractivity contribution in [1.29, 1.82) is 0 Å². The second-order valence-electron chi connectivity index (χ2n) is 6.88. The molecule has 1 saturated carbocycles. The van der Waals surface area contributed by atoms with Crippen LogP contribution in [0.3, 0.4) is 0 Å². The topological polar surface area (TPSA) is 94.8 Å². The Morgan fingerprint density at radius 1 is 1.22 bits per heavy atom. The van der Waals surface area contributed by atoms with Gasteiger partial charge in [-0.2, -0.15) is 0 Å². The molecule has 0 bridgehead atoms. The normalized spacial score (nSPS) is 20.4. The number of carboxylic acids is 1. The highest BCUT2D eigenvalue weighted by Crippen LogP contribution is 2.68. The van der Waals surface area contributed by atoms with E-state index in [1.165, 1.54) is 0 Å². The highest BCUT2D eigenvalue weighted by atomic mass is 31.2. The molecule has 128 valence electrons. The number of carboxylic acid groups (broad SMARTS) is 1. The molecular weight excluding hydrogens is 315 g/mol. The zero-order chi connectivity index (χ0) is 17.3. The minimum absolute atomic E-state index is 0.0715. The molecule has 0 radical (unpaired) electrons. The van der Waals surface area contributed by atoms with Gasteiger partial charge in [-0.15, -0.1) is 0 Å². The zero-order valence-corrected chi connectivity index (χ0v) is 14.5. The Labute approximate surface area is 136 Å². The van der Waals surface area contributed by atoms with Gasteiger partial charge < -0.3 is 14.9 Å². The zero-order valence-electron chi connectivity index (χ0n) is 13.6. The summed E-state index contributed by atoms with van der Waals surface area (Å²) in [5, 5.41) is 8.35. The van der Waals surface area contributed by atoms with Gasteiger partial charge in [-0.05, 0) is 30.7 Å². The van der Waals surface area contributed by atoms with Crippen molar-refractivity contribution in [3.8, 4) is 0 Å². The molecule has 0 heterocycles. The van der Waals surface area contributed by atoms with Gasteiger partial charge in [-0.25, -0.2) is 0 Å². The lowest BCUT2D eigenvalue weighted by molar-refractivity contribution is -0.153. The van der Waals surface area contributed by atoms with Gasteiger partial charge in [0.25, 0.3) is 0 Å². The Morgan fingerprint density at radius 3 is 2.13 bits per heavy atom. The van der Waals surface area contributed by atoms with Crippen LogP contribution in [-0.4, -0.2) is 26.0 Å². The van der Waals surface area contributed by atoms with Crippen molar-refractivity contribution in [2.24, 2.45) is 11.3 Å².